The summed E-state index contributed by atoms with van der Waals surface area (Å²) >= 11 is 0. The van der Waals surface area contributed by atoms with Gasteiger partial charge in [-0.05, 0) is 30.8 Å². The zero-order valence-corrected chi connectivity index (χ0v) is 11.8. The van der Waals surface area contributed by atoms with Crippen LogP contribution in [-0.4, -0.2) is 12.5 Å². The fourth-order valence-electron chi connectivity index (χ4n) is 2.14. The minimum Gasteiger partial charge on any atom is -0.353 e. The van der Waals surface area contributed by atoms with Crippen LogP contribution in [0.15, 0.2) is 12.7 Å². The molecule has 0 aromatic carbocycles. The Bertz CT molecular complexity index is 215. The second kappa shape index (κ2) is 9.26. The third-order valence-electron chi connectivity index (χ3n) is 3.48. The van der Waals surface area contributed by atoms with E-state index in [1.807, 2.05) is 0 Å². The monoisotopic (exact) mass is 239 g/mol. The van der Waals surface area contributed by atoms with Crippen LogP contribution in [0.1, 0.15) is 65.7 Å². The number of rotatable bonds is 10. The van der Waals surface area contributed by atoms with E-state index in [2.05, 4.69) is 32.7 Å². The van der Waals surface area contributed by atoms with Gasteiger partial charge in [0, 0.05) is 6.54 Å². The van der Waals surface area contributed by atoms with Crippen molar-refractivity contribution in [3.8, 4) is 0 Å². The van der Waals surface area contributed by atoms with Gasteiger partial charge in [0.2, 0.25) is 5.91 Å². The topological polar surface area (TPSA) is 29.1 Å². The zero-order chi connectivity index (χ0) is 13.1. The number of unbranched alkanes of at least 4 members (excludes halogenated alkanes) is 2. The largest absolute Gasteiger partial charge is 0.353 e. The molecule has 0 spiro atoms. The molecule has 0 bridgehead atoms. The highest BCUT2D eigenvalue weighted by Gasteiger charge is 2.22. The Kier molecular flexibility index (Phi) is 8.83. The summed E-state index contributed by atoms with van der Waals surface area (Å²) in [5.74, 6) is -0.0571. The van der Waals surface area contributed by atoms with Gasteiger partial charge in [0.15, 0.2) is 0 Å². The molecule has 100 valence electrons. The lowest BCUT2D eigenvalue weighted by Crippen LogP contribution is -2.28. The van der Waals surface area contributed by atoms with Crippen LogP contribution >= 0.6 is 0 Å². The lowest BCUT2D eigenvalue weighted by Gasteiger charge is -2.29. The summed E-state index contributed by atoms with van der Waals surface area (Å²) in [4.78, 5) is 11.1. The normalized spacial score (nSPS) is 11.2. The van der Waals surface area contributed by atoms with E-state index in [-0.39, 0.29) is 5.91 Å². The van der Waals surface area contributed by atoms with Crippen molar-refractivity contribution in [3.63, 3.8) is 0 Å². The van der Waals surface area contributed by atoms with Gasteiger partial charge in [0.25, 0.3) is 0 Å². The molecular weight excluding hydrogens is 210 g/mol. The van der Waals surface area contributed by atoms with Crippen LogP contribution in [0.5, 0.6) is 0 Å². The molecule has 0 rings (SSSR count). The van der Waals surface area contributed by atoms with Crippen molar-refractivity contribution in [1.82, 2.24) is 5.32 Å². The molecule has 2 nitrogen and oxygen atoms in total. The Hall–Kier alpha value is -0.790. The van der Waals surface area contributed by atoms with Gasteiger partial charge < -0.3 is 5.32 Å². The molecule has 0 radical (unpaired) electrons. The molecule has 0 saturated heterocycles. The third kappa shape index (κ3) is 8.00. The molecule has 0 heterocycles. The van der Waals surface area contributed by atoms with Crippen LogP contribution < -0.4 is 5.32 Å². The molecule has 0 atom stereocenters. The Morgan fingerprint density at radius 1 is 1.18 bits per heavy atom. The molecule has 0 fully saturated rings. The zero-order valence-electron chi connectivity index (χ0n) is 11.8. The number of hydrogen-bond acceptors (Lipinski definition) is 1. The van der Waals surface area contributed by atoms with Crippen molar-refractivity contribution in [1.29, 1.82) is 0 Å². The van der Waals surface area contributed by atoms with Crippen molar-refractivity contribution in [2.75, 3.05) is 6.54 Å². The molecule has 0 aliphatic carbocycles. The molecular formula is C15H29NO. The van der Waals surface area contributed by atoms with Crippen molar-refractivity contribution in [2.24, 2.45) is 5.41 Å². The van der Waals surface area contributed by atoms with Crippen LogP contribution in [-0.2, 0) is 4.79 Å². The SMILES string of the molecule is C=CC(=O)NCCC(C)(CCCC)CCCC. The second-order valence-corrected chi connectivity index (χ2v) is 5.26. The number of hydrogen-bond donors (Lipinski definition) is 1. The van der Waals surface area contributed by atoms with Crippen LogP contribution in [0, 0.1) is 5.41 Å². The first-order valence-corrected chi connectivity index (χ1v) is 6.98. The molecule has 2 heteroatoms. The van der Waals surface area contributed by atoms with E-state index in [9.17, 15) is 4.79 Å². The maximum Gasteiger partial charge on any atom is 0.243 e. The van der Waals surface area contributed by atoms with Gasteiger partial charge in [-0.3, -0.25) is 4.79 Å². The third-order valence-corrected chi connectivity index (χ3v) is 3.48. The standard InChI is InChI=1S/C15H29NO/c1-5-8-10-15(4,11-9-6-2)12-13-16-14(17)7-3/h7H,3,5-6,8-13H2,1-2,4H3,(H,16,17). The highest BCUT2D eigenvalue weighted by molar-refractivity contribution is 5.86. The average molecular weight is 239 g/mol. The minimum atomic E-state index is -0.0571. The summed E-state index contributed by atoms with van der Waals surface area (Å²) in [6, 6.07) is 0. The van der Waals surface area contributed by atoms with E-state index in [0.717, 1.165) is 13.0 Å². The number of amides is 1. The van der Waals surface area contributed by atoms with Gasteiger partial charge in [0.05, 0.1) is 0 Å². The summed E-state index contributed by atoms with van der Waals surface area (Å²) in [7, 11) is 0. The highest BCUT2D eigenvalue weighted by atomic mass is 16.1. The predicted octanol–water partition coefficient (Wildman–Crippen LogP) is 4.07. The van der Waals surface area contributed by atoms with Gasteiger partial charge in [-0.2, -0.15) is 0 Å². The van der Waals surface area contributed by atoms with E-state index in [4.69, 9.17) is 0 Å². The molecule has 1 amide bonds. The summed E-state index contributed by atoms with van der Waals surface area (Å²) < 4.78 is 0. The van der Waals surface area contributed by atoms with E-state index < -0.39 is 0 Å². The maximum atomic E-state index is 11.1. The fraction of sp³-hybridized carbons (Fsp3) is 0.800. The van der Waals surface area contributed by atoms with Crippen LogP contribution in [0.3, 0.4) is 0 Å². The van der Waals surface area contributed by atoms with E-state index in [1.54, 1.807) is 0 Å². The summed E-state index contributed by atoms with van der Waals surface area (Å²) in [6.07, 6.45) is 10.0. The Balaban J connectivity index is 4.07. The molecule has 0 aliphatic rings. The lowest BCUT2D eigenvalue weighted by molar-refractivity contribution is -0.116. The highest BCUT2D eigenvalue weighted by Crippen LogP contribution is 2.33. The second-order valence-electron chi connectivity index (χ2n) is 5.26. The quantitative estimate of drug-likeness (QED) is 0.572. The number of carbonyl (C=O) groups excluding carboxylic acids is 1. The summed E-state index contributed by atoms with van der Waals surface area (Å²) in [5, 5.41) is 2.88. The first-order valence-electron chi connectivity index (χ1n) is 6.98. The Morgan fingerprint density at radius 3 is 2.12 bits per heavy atom. The molecule has 1 N–H and O–H groups in total. The van der Waals surface area contributed by atoms with E-state index >= 15 is 0 Å². The number of carbonyl (C=O) groups is 1. The minimum absolute atomic E-state index is 0.0571. The van der Waals surface area contributed by atoms with Crippen LogP contribution in [0.25, 0.3) is 0 Å². The Labute approximate surface area is 107 Å². The summed E-state index contributed by atoms with van der Waals surface area (Å²) in [5.41, 5.74) is 0.389. The molecule has 17 heavy (non-hydrogen) atoms. The molecule has 0 saturated carbocycles. The van der Waals surface area contributed by atoms with E-state index in [1.165, 1.54) is 44.6 Å². The lowest BCUT2D eigenvalue weighted by atomic mass is 9.77. The first-order chi connectivity index (χ1) is 8.08. The molecule has 0 aromatic heterocycles. The molecule has 0 aromatic rings. The van der Waals surface area contributed by atoms with Crippen LogP contribution in [0.4, 0.5) is 0 Å². The molecule has 0 unspecified atom stereocenters. The van der Waals surface area contributed by atoms with Gasteiger partial charge in [-0.1, -0.05) is 53.0 Å². The summed E-state index contributed by atoms with van der Waals surface area (Å²) in [6.45, 7) is 11.1. The molecule has 0 aliphatic heterocycles. The predicted molar refractivity (Wildman–Crippen MR) is 75.0 cm³/mol. The van der Waals surface area contributed by atoms with Crippen LogP contribution in [0.2, 0.25) is 0 Å². The van der Waals surface area contributed by atoms with Crippen molar-refractivity contribution < 1.29 is 4.79 Å². The fourth-order valence-corrected chi connectivity index (χ4v) is 2.14. The van der Waals surface area contributed by atoms with Crippen molar-refractivity contribution >= 4 is 5.91 Å². The first kappa shape index (κ1) is 16.2. The van der Waals surface area contributed by atoms with Crippen molar-refractivity contribution in [2.45, 2.75) is 65.7 Å². The van der Waals surface area contributed by atoms with Gasteiger partial charge >= 0.3 is 0 Å². The smallest absolute Gasteiger partial charge is 0.243 e. The van der Waals surface area contributed by atoms with E-state index in [0.29, 0.717) is 5.41 Å². The Morgan fingerprint density at radius 2 is 1.71 bits per heavy atom. The van der Waals surface area contributed by atoms with Crippen molar-refractivity contribution in [3.05, 3.63) is 12.7 Å². The van der Waals surface area contributed by atoms with Gasteiger partial charge in [-0.25, -0.2) is 0 Å². The average Bonchev–Trinajstić information content (AvgIpc) is 2.34. The maximum absolute atomic E-state index is 11.1. The van der Waals surface area contributed by atoms with Gasteiger partial charge in [0.1, 0.15) is 0 Å². The van der Waals surface area contributed by atoms with Gasteiger partial charge in [-0.15, -0.1) is 0 Å². The number of nitrogens with one attached hydrogen (secondary N) is 1.